The van der Waals surface area contributed by atoms with Crippen LogP contribution in [0.2, 0.25) is 0 Å². The molecule has 0 unspecified atom stereocenters. The van der Waals surface area contributed by atoms with Crippen molar-refractivity contribution in [3.8, 4) is 44.5 Å². The van der Waals surface area contributed by atoms with Crippen LogP contribution in [0.3, 0.4) is 0 Å². The van der Waals surface area contributed by atoms with Crippen LogP contribution < -0.4 is 4.90 Å². The number of fused-ring (bicyclic) bond motifs is 3. The zero-order chi connectivity index (χ0) is 42.7. The molecule has 0 fully saturated rings. The Hall–Kier alpha value is -8.20. The van der Waals surface area contributed by atoms with Gasteiger partial charge in [0.1, 0.15) is 11.2 Å². The first-order valence-electron chi connectivity index (χ1n) is 22.1. The topological polar surface area (TPSA) is 16.4 Å². The number of rotatable bonds is 11. The summed E-state index contributed by atoms with van der Waals surface area (Å²) in [5.74, 6) is 0. The van der Waals surface area contributed by atoms with E-state index in [1.165, 1.54) is 55.6 Å². The summed E-state index contributed by atoms with van der Waals surface area (Å²) in [5, 5.41) is 2.27. The van der Waals surface area contributed by atoms with E-state index < -0.39 is 0 Å². The summed E-state index contributed by atoms with van der Waals surface area (Å²) in [5.41, 5.74) is 19.9. The van der Waals surface area contributed by atoms with Crippen LogP contribution in [0, 0.1) is 0 Å². The minimum atomic E-state index is 0.783. The second-order valence-corrected chi connectivity index (χ2v) is 16.4. The second kappa shape index (κ2) is 17.3. The zero-order valence-electron chi connectivity index (χ0n) is 35.4. The molecule has 0 spiro atoms. The lowest BCUT2D eigenvalue weighted by atomic mass is 9.87. The molecule has 0 amide bonds. The Morgan fingerprint density at radius 1 is 0.297 bits per heavy atom. The number of para-hydroxylation sites is 2. The van der Waals surface area contributed by atoms with Gasteiger partial charge in [-0.25, -0.2) is 0 Å². The summed E-state index contributed by atoms with van der Waals surface area (Å²) in [7, 11) is 0. The van der Waals surface area contributed by atoms with Gasteiger partial charge in [-0.3, -0.25) is 0 Å². The van der Waals surface area contributed by atoms with Crippen molar-refractivity contribution in [2.75, 3.05) is 4.90 Å². The van der Waals surface area contributed by atoms with Gasteiger partial charge in [-0.15, -0.1) is 0 Å². The Kier molecular flexibility index (Phi) is 10.5. The molecular formula is C62H45NO. The van der Waals surface area contributed by atoms with E-state index in [1.807, 2.05) is 12.1 Å². The summed E-state index contributed by atoms with van der Waals surface area (Å²) in [6.07, 6.45) is 1.66. The number of nitrogens with zero attached hydrogens (tertiary/aromatic N) is 1. The lowest BCUT2D eigenvalue weighted by Crippen LogP contribution is -2.10. The quantitative estimate of drug-likeness (QED) is 0.129. The predicted molar refractivity (Wildman–Crippen MR) is 269 cm³/mol. The summed E-state index contributed by atoms with van der Waals surface area (Å²) in [6, 6.07) is 89.6. The van der Waals surface area contributed by atoms with Gasteiger partial charge in [-0.05, 0) is 117 Å². The molecule has 64 heavy (non-hydrogen) atoms. The van der Waals surface area contributed by atoms with Crippen molar-refractivity contribution < 1.29 is 4.42 Å². The molecule has 0 aliphatic rings. The largest absolute Gasteiger partial charge is 0.455 e. The molecule has 11 aromatic rings. The molecule has 0 bridgehead atoms. The minimum Gasteiger partial charge on any atom is -0.455 e. The molecule has 0 radical (unpaired) electrons. The number of benzene rings is 10. The molecule has 0 saturated heterocycles. The molecule has 11 rings (SSSR count). The van der Waals surface area contributed by atoms with Gasteiger partial charge >= 0.3 is 0 Å². The predicted octanol–water partition coefficient (Wildman–Crippen LogP) is 16.9. The molecule has 1 aromatic heterocycles. The highest BCUT2D eigenvalue weighted by Gasteiger charge is 2.18. The molecule has 0 atom stereocenters. The van der Waals surface area contributed by atoms with Gasteiger partial charge in [-0.2, -0.15) is 0 Å². The molecule has 0 aliphatic carbocycles. The van der Waals surface area contributed by atoms with Crippen molar-refractivity contribution in [1.29, 1.82) is 0 Å². The lowest BCUT2D eigenvalue weighted by molar-refractivity contribution is 0.670. The summed E-state index contributed by atoms with van der Waals surface area (Å²) in [4.78, 5) is 2.37. The lowest BCUT2D eigenvalue weighted by Gasteiger charge is -2.26. The Balaban J connectivity index is 0.957. The standard InChI is InChI=1S/C62H45NO/c1-3-17-44(18-4-1)41-49-22-7-9-25-54(49)57-27-11-12-28-58(57)55-26-10-8-23-50(55)42-45-19-15-24-53(43-45)63(51-37-33-47(34-38-51)46-20-5-2-6-21-46)52-39-35-48(36-40-52)56-30-16-31-60-59-29-13-14-32-61(59)64-62(56)60/h1-40,43H,41-42H2. The van der Waals surface area contributed by atoms with E-state index in [0.717, 1.165) is 63.0 Å². The fourth-order valence-electron chi connectivity index (χ4n) is 9.31. The molecule has 1 heterocycles. The average molecular weight is 820 g/mol. The average Bonchev–Trinajstić information content (AvgIpc) is 3.75. The van der Waals surface area contributed by atoms with Crippen LogP contribution in [0.25, 0.3) is 66.4 Å². The second-order valence-electron chi connectivity index (χ2n) is 16.4. The van der Waals surface area contributed by atoms with E-state index in [1.54, 1.807) is 0 Å². The number of furan rings is 1. The first-order valence-corrected chi connectivity index (χ1v) is 22.1. The van der Waals surface area contributed by atoms with E-state index in [0.29, 0.717) is 0 Å². The maximum Gasteiger partial charge on any atom is 0.143 e. The fraction of sp³-hybridized carbons (Fsp3) is 0.0323. The maximum atomic E-state index is 6.45. The Labute approximate surface area is 375 Å². The molecule has 2 nitrogen and oxygen atoms in total. The number of hydrogen-bond donors (Lipinski definition) is 0. The normalized spacial score (nSPS) is 11.2. The summed E-state index contributed by atoms with van der Waals surface area (Å²) >= 11 is 0. The summed E-state index contributed by atoms with van der Waals surface area (Å²) in [6.45, 7) is 0. The molecule has 0 saturated carbocycles. The molecule has 304 valence electrons. The molecule has 10 aromatic carbocycles. The number of anilines is 3. The SMILES string of the molecule is c1ccc(Cc2ccccc2-c2ccccc2-c2ccccc2Cc2cccc(N(c3ccc(-c4ccccc4)cc3)c3ccc(-c4cccc5c4oc4ccccc45)cc3)c2)cc1. The highest BCUT2D eigenvalue weighted by molar-refractivity contribution is 6.09. The van der Waals surface area contributed by atoms with Crippen LogP contribution in [-0.4, -0.2) is 0 Å². The highest BCUT2D eigenvalue weighted by Crippen LogP contribution is 2.41. The van der Waals surface area contributed by atoms with E-state index in [2.05, 4.69) is 241 Å². The van der Waals surface area contributed by atoms with Crippen molar-refractivity contribution in [2.45, 2.75) is 12.8 Å². The highest BCUT2D eigenvalue weighted by atomic mass is 16.3. The van der Waals surface area contributed by atoms with Gasteiger partial charge in [0.05, 0.1) is 0 Å². The third-order valence-electron chi connectivity index (χ3n) is 12.4. The van der Waals surface area contributed by atoms with Crippen molar-refractivity contribution in [3.05, 3.63) is 271 Å². The van der Waals surface area contributed by atoms with Crippen LogP contribution in [0.5, 0.6) is 0 Å². The van der Waals surface area contributed by atoms with Crippen LogP contribution in [0.4, 0.5) is 17.1 Å². The third kappa shape index (κ3) is 7.67. The van der Waals surface area contributed by atoms with E-state index in [4.69, 9.17) is 4.42 Å². The molecule has 0 N–H and O–H groups in total. The van der Waals surface area contributed by atoms with E-state index in [-0.39, 0.29) is 0 Å². The van der Waals surface area contributed by atoms with E-state index >= 15 is 0 Å². The Morgan fingerprint density at radius 3 is 1.44 bits per heavy atom. The molecule has 2 heteroatoms. The van der Waals surface area contributed by atoms with Crippen LogP contribution in [-0.2, 0) is 12.8 Å². The minimum absolute atomic E-state index is 0.783. The summed E-state index contributed by atoms with van der Waals surface area (Å²) < 4.78 is 6.45. The first kappa shape index (κ1) is 38.7. The van der Waals surface area contributed by atoms with Gasteiger partial charge in [0.25, 0.3) is 0 Å². The zero-order valence-corrected chi connectivity index (χ0v) is 35.4. The van der Waals surface area contributed by atoms with Gasteiger partial charge in [-0.1, -0.05) is 206 Å². The molecular weight excluding hydrogens is 775 g/mol. The first-order chi connectivity index (χ1) is 31.7. The maximum absolute atomic E-state index is 6.45. The van der Waals surface area contributed by atoms with Gasteiger partial charge in [0.15, 0.2) is 0 Å². The Bertz CT molecular complexity index is 3370. The number of hydrogen-bond acceptors (Lipinski definition) is 2. The third-order valence-corrected chi connectivity index (χ3v) is 12.4. The van der Waals surface area contributed by atoms with Crippen molar-refractivity contribution in [1.82, 2.24) is 0 Å². The smallest absolute Gasteiger partial charge is 0.143 e. The van der Waals surface area contributed by atoms with Crippen LogP contribution in [0.1, 0.15) is 22.3 Å². The fourth-order valence-corrected chi connectivity index (χ4v) is 9.31. The monoisotopic (exact) mass is 819 g/mol. The Morgan fingerprint density at radius 2 is 0.766 bits per heavy atom. The van der Waals surface area contributed by atoms with E-state index in [9.17, 15) is 0 Å². The van der Waals surface area contributed by atoms with Crippen molar-refractivity contribution in [3.63, 3.8) is 0 Å². The van der Waals surface area contributed by atoms with Gasteiger partial charge in [0.2, 0.25) is 0 Å². The van der Waals surface area contributed by atoms with Gasteiger partial charge in [0, 0.05) is 33.4 Å². The van der Waals surface area contributed by atoms with Crippen molar-refractivity contribution >= 4 is 39.0 Å². The van der Waals surface area contributed by atoms with Crippen molar-refractivity contribution in [2.24, 2.45) is 0 Å². The van der Waals surface area contributed by atoms with Crippen LogP contribution >= 0.6 is 0 Å². The van der Waals surface area contributed by atoms with Crippen LogP contribution in [0.15, 0.2) is 253 Å². The molecule has 0 aliphatic heterocycles. The van der Waals surface area contributed by atoms with Gasteiger partial charge < -0.3 is 9.32 Å².